The number of nitrogens with zero attached hydrogens (tertiary/aromatic N) is 1. The Bertz CT molecular complexity index is 738. The second kappa shape index (κ2) is 5.56. The van der Waals surface area contributed by atoms with Gasteiger partial charge in [-0.15, -0.1) is 0 Å². The molecule has 6 nitrogen and oxygen atoms in total. The third kappa shape index (κ3) is 2.78. The molecule has 2 aromatic rings. The van der Waals surface area contributed by atoms with Crippen LogP contribution in [0.4, 0.5) is 0 Å². The van der Waals surface area contributed by atoms with Gasteiger partial charge in [0.2, 0.25) is 10.0 Å². The van der Waals surface area contributed by atoms with Gasteiger partial charge in [0.05, 0.1) is 12.0 Å². The standard InChI is InChI=1S/C13H14N2O4S/c1-9(13(16)19-2)15-20(17,18)12-5-3-4-10-8-14-7-6-11(10)12/h3-9,15H,1-2H3. The number of carbonyl (C=O) groups is 1. The van der Waals surface area contributed by atoms with Gasteiger partial charge < -0.3 is 4.74 Å². The molecule has 2 rings (SSSR count). The molecule has 0 aliphatic heterocycles. The van der Waals surface area contributed by atoms with E-state index in [9.17, 15) is 13.2 Å². The van der Waals surface area contributed by atoms with Crippen molar-refractivity contribution >= 4 is 26.8 Å². The lowest BCUT2D eigenvalue weighted by Gasteiger charge is -2.13. The first-order chi connectivity index (χ1) is 9.45. The molecule has 0 saturated carbocycles. The highest BCUT2D eigenvalue weighted by atomic mass is 32.2. The van der Waals surface area contributed by atoms with Crippen molar-refractivity contribution in [3.63, 3.8) is 0 Å². The van der Waals surface area contributed by atoms with Crippen LogP contribution in [0.15, 0.2) is 41.6 Å². The van der Waals surface area contributed by atoms with Gasteiger partial charge in [0.25, 0.3) is 0 Å². The number of fused-ring (bicyclic) bond motifs is 1. The number of pyridine rings is 1. The maximum absolute atomic E-state index is 12.3. The van der Waals surface area contributed by atoms with Crippen molar-refractivity contribution in [2.24, 2.45) is 0 Å². The monoisotopic (exact) mass is 294 g/mol. The summed E-state index contributed by atoms with van der Waals surface area (Å²) in [5.74, 6) is -0.643. The molecule has 0 bridgehead atoms. The van der Waals surface area contributed by atoms with E-state index < -0.39 is 22.0 Å². The van der Waals surface area contributed by atoms with Crippen LogP contribution in [0.1, 0.15) is 6.92 Å². The van der Waals surface area contributed by atoms with Gasteiger partial charge in [0.1, 0.15) is 6.04 Å². The molecule has 0 saturated heterocycles. The van der Waals surface area contributed by atoms with E-state index in [1.165, 1.54) is 26.3 Å². The van der Waals surface area contributed by atoms with Crippen molar-refractivity contribution in [2.75, 3.05) is 7.11 Å². The summed E-state index contributed by atoms with van der Waals surface area (Å²) < 4.78 is 31.5. The molecule has 0 spiro atoms. The van der Waals surface area contributed by atoms with Gasteiger partial charge in [0, 0.05) is 23.2 Å². The predicted octanol–water partition coefficient (Wildman–Crippen LogP) is 1.07. The summed E-state index contributed by atoms with van der Waals surface area (Å²) in [6.07, 6.45) is 3.10. The minimum absolute atomic E-state index is 0.105. The fourth-order valence-electron chi connectivity index (χ4n) is 1.85. The molecular weight excluding hydrogens is 280 g/mol. The van der Waals surface area contributed by atoms with Gasteiger partial charge >= 0.3 is 5.97 Å². The number of sulfonamides is 1. The number of hydrogen-bond acceptors (Lipinski definition) is 5. The lowest BCUT2D eigenvalue weighted by Crippen LogP contribution is -2.39. The van der Waals surface area contributed by atoms with Gasteiger partial charge in [-0.3, -0.25) is 9.78 Å². The lowest BCUT2D eigenvalue weighted by molar-refractivity contribution is -0.142. The number of benzene rings is 1. The molecule has 7 heteroatoms. The number of hydrogen-bond donors (Lipinski definition) is 1. The highest BCUT2D eigenvalue weighted by Crippen LogP contribution is 2.22. The Hall–Kier alpha value is -1.99. The zero-order valence-corrected chi connectivity index (χ0v) is 11.8. The number of nitrogens with one attached hydrogen (secondary N) is 1. The first kappa shape index (κ1) is 14.4. The number of ether oxygens (including phenoxy) is 1. The molecule has 0 amide bonds. The minimum Gasteiger partial charge on any atom is -0.468 e. The molecule has 20 heavy (non-hydrogen) atoms. The molecular formula is C13H14N2O4S. The van der Waals surface area contributed by atoms with E-state index >= 15 is 0 Å². The summed E-state index contributed by atoms with van der Waals surface area (Å²) >= 11 is 0. The predicted molar refractivity (Wildman–Crippen MR) is 73.5 cm³/mol. The largest absolute Gasteiger partial charge is 0.468 e. The zero-order valence-electron chi connectivity index (χ0n) is 11.0. The third-order valence-electron chi connectivity index (χ3n) is 2.82. The van der Waals surface area contributed by atoms with E-state index in [2.05, 4.69) is 14.4 Å². The lowest BCUT2D eigenvalue weighted by atomic mass is 10.2. The van der Waals surface area contributed by atoms with Crippen LogP contribution < -0.4 is 4.72 Å². The first-order valence-electron chi connectivity index (χ1n) is 5.88. The Morgan fingerprint density at radius 3 is 2.80 bits per heavy atom. The Labute approximate surface area is 116 Å². The number of rotatable bonds is 4. The van der Waals surface area contributed by atoms with Gasteiger partial charge in [-0.1, -0.05) is 12.1 Å². The van der Waals surface area contributed by atoms with Gasteiger partial charge in [-0.2, -0.15) is 4.72 Å². The molecule has 0 aliphatic rings. The second-order valence-corrected chi connectivity index (χ2v) is 5.90. The summed E-state index contributed by atoms with van der Waals surface area (Å²) in [6, 6.07) is 5.54. The molecule has 0 fully saturated rings. The van der Waals surface area contributed by atoms with Crippen LogP contribution in [-0.4, -0.2) is 32.5 Å². The molecule has 1 aromatic carbocycles. The Balaban J connectivity index is 2.45. The fourth-order valence-corrected chi connectivity index (χ4v) is 3.27. The van der Waals surface area contributed by atoms with Crippen LogP contribution in [0.2, 0.25) is 0 Å². The smallest absolute Gasteiger partial charge is 0.323 e. The van der Waals surface area contributed by atoms with Crippen molar-refractivity contribution in [1.29, 1.82) is 0 Å². The number of methoxy groups -OCH3 is 1. The van der Waals surface area contributed by atoms with E-state index in [1.54, 1.807) is 24.4 Å². The maximum atomic E-state index is 12.3. The number of aromatic nitrogens is 1. The SMILES string of the molecule is COC(=O)C(C)NS(=O)(=O)c1cccc2cnccc12. The van der Waals surface area contributed by atoms with Crippen molar-refractivity contribution in [2.45, 2.75) is 17.9 Å². The Kier molecular flexibility index (Phi) is 4.01. The van der Waals surface area contributed by atoms with Crippen LogP contribution in [-0.2, 0) is 19.6 Å². The molecule has 0 radical (unpaired) electrons. The van der Waals surface area contributed by atoms with E-state index in [0.717, 1.165) is 0 Å². The third-order valence-corrected chi connectivity index (χ3v) is 4.42. The summed E-state index contributed by atoms with van der Waals surface area (Å²) in [5, 5.41) is 1.26. The molecule has 0 aliphatic carbocycles. The van der Waals surface area contributed by atoms with Crippen molar-refractivity contribution in [3.05, 3.63) is 36.7 Å². The van der Waals surface area contributed by atoms with E-state index in [0.29, 0.717) is 10.8 Å². The number of carbonyl (C=O) groups excluding carboxylic acids is 1. The highest BCUT2D eigenvalue weighted by molar-refractivity contribution is 7.89. The van der Waals surface area contributed by atoms with Crippen LogP contribution in [0.25, 0.3) is 10.8 Å². The Morgan fingerprint density at radius 1 is 1.35 bits per heavy atom. The molecule has 1 atom stereocenters. The first-order valence-corrected chi connectivity index (χ1v) is 7.37. The minimum atomic E-state index is -3.82. The average Bonchev–Trinajstić information content (AvgIpc) is 2.45. The molecule has 1 unspecified atom stereocenters. The van der Waals surface area contributed by atoms with Crippen molar-refractivity contribution in [3.8, 4) is 0 Å². The summed E-state index contributed by atoms with van der Waals surface area (Å²) in [6.45, 7) is 1.43. The maximum Gasteiger partial charge on any atom is 0.323 e. The van der Waals surface area contributed by atoms with E-state index in [-0.39, 0.29) is 4.90 Å². The molecule has 1 N–H and O–H groups in total. The summed E-state index contributed by atoms with van der Waals surface area (Å²) in [4.78, 5) is 15.4. The van der Waals surface area contributed by atoms with E-state index in [4.69, 9.17) is 0 Å². The van der Waals surface area contributed by atoms with Crippen molar-refractivity contribution in [1.82, 2.24) is 9.71 Å². The topological polar surface area (TPSA) is 85.4 Å². The number of esters is 1. The average molecular weight is 294 g/mol. The van der Waals surface area contributed by atoms with Crippen molar-refractivity contribution < 1.29 is 17.9 Å². The highest BCUT2D eigenvalue weighted by Gasteiger charge is 2.23. The van der Waals surface area contributed by atoms with Gasteiger partial charge in [-0.25, -0.2) is 8.42 Å². The molecule has 1 heterocycles. The quantitative estimate of drug-likeness (QED) is 0.853. The van der Waals surface area contributed by atoms with Crippen LogP contribution in [0, 0.1) is 0 Å². The summed E-state index contributed by atoms with van der Waals surface area (Å²) in [7, 11) is -2.61. The van der Waals surface area contributed by atoms with Gasteiger partial charge in [0.15, 0.2) is 0 Å². The molecule has 106 valence electrons. The Morgan fingerprint density at radius 2 is 2.10 bits per heavy atom. The molecule has 1 aromatic heterocycles. The van der Waals surface area contributed by atoms with E-state index in [1.807, 2.05) is 0 Å². The van der Waals surface area contributed by atoms with Gasteiger partial charge in [-0.05, 0) is 19.1 Å². The van der Waals surface area contributed by atoms with Crippen LogP contribution in [0.3, 0.4) is 0 Å². The zero-order chi connectivity index (χ0) is 14.8. The van der Waals surface area contributed by atoms with Crippen LogP contribution >= 0.6 is 0 Å². The second-order valence-electron chi connectivity index (χ2n) is 4.22. The van der Waals surface area contributed by atoms with Crippen LogP contribution in [0.5, 0.6) is 0 Å². The normalized spacial score (nSPS) is 13.1. The fraction of sp³-hybridized carbons (Fsp3) is 0.231. The summed E-state index contributed by atoms with van der Waals surface area (Å²) in [5.41, 5.74) is 0.